The van der Waals surface area contributed by atoms with Crippen LogP contribution in [0.1, 0.15) is 61.8 Å². The van der Waals surface area contributed by atoms with Gasteiger partial charge in [-0.05, 0) is 54.9 Å². The van der Waals surface area contributed by atoms with Crippen LogP contribution in [0, 0.1) is 0 Å². The van der Waals surface area contributed by atoms with E-state index in [0.717, 1.165) is 6.42 Å². The first-order valence-electron chi connectivity index (χ1n) is 10.4. The number of nitrogens with one attached hydrogen (secondary N) is 3. The van der Waals surface area contributed by atoms with Gasteiger partial charge in [-0.2, -0.15) is 0 Å². The van der Waals surface area contributed by atoms with Crippen molar-refractivity contribution < 1.29 is 19.1 Å². The third-order valence-corrected chi connectivity index (χ3v) is 4.29. The number of hydrogen-bond donors (Lipinski definition) is 3. The van der Waals surface area contributed by atoms with Crippen LogP contribution in [-0.4, -0.2) is 72.5 Å². The van der Waals surface area contributed by atoms with Gasteiger partial charge in [0.1, 0.15) is 17.9 Å². The molecule has 1 rings (SSSR count). The van der Waals surface area contributed by atoms with Crippen LogP contribution in [-0.2, 0) is 14.3 Å². The molecule has 3 N–H and O–H groups in total. The number of aliphatic imine (C=N–C) groups is 1. The van der Waals surface area contributed by atoms with Crippen molar-refractivity contribution in [1.29, 1.82) is 0 Å². The zero-order chi connectivity index (χ0) is 22.2. The Morgan fingerprint density at radius 3 is 2.38 bits per heavy atom. The molecule has 9 heteroatoms. The molecule has 0 aromatic carbocycles. The quantitative estimate of drug-likeness (QED) is 0.434. The number of carbonyl (C=O) groups excluding carboxylic acids is 2. The van der Waals surface area contributed by atoms with Gasteiger partial charge in [-0.1, -0.05) is 6.92 Å². The van der Waals surface area contributed by atoms with Gasteiger partial charge in [0.15, 0.2) is 5.96 Å². The summed E-state index contributed by atoms with van der Waals surface area (Å²) < 4.78 is 11.6. The highest BCUT2D eigenvalue weighted by Crippen LogP contribution is 2.33. The van der Waals surface area contributed by atoms with E-state index in [1.807, 2.05) is 55.4 Å². The highest BCUT2D eigenvalue weighted by atomic mass is 16.6. The van der Waals surface area contributed by atoms with E-state index in [0.29, 0.717) is 25.6 Å². The van der Waals surface area contributed by atoms with Gasteiger partial charge in [-0.25, -0.2) is 9.79 Å². The van der Waals surface area contributed by atoms with Crippen LogP contribution >= 0.6 is 0 Å². The maximum absolute atomic E-state index is 12.8. The van der Waals surface area contributed by atoms with Gasteiger partial charge >= 0.3 is 6.09 Å². The Morgan fingerprint density at radius 1 is 1.17 bits per heavy atom. The molecule has 0 aromatic rings. The number of guanidine groups is 1. The van der Waals surface area contributed by atoms with Gasteiger partial charge in [0.05, 0.1) is 12.1 Å². The number of amides is 2. The summed E-state index contributed by atoms with van der Waals surface area (Å²) >= 11 is 0. The number of nitrogens with zero attached hydrogens (tertiary/aromatic N) is 2. The molecular formula is C20H39N5O4. The molecule has 168 valence electrons. The predicted octanol–water partition coefficient (Wildman–Crippen LogP) is 1.83. The zero-order valence-corrected chi connectivity index (χ0v) is 19.2. The van der Waals surface area contributed by atoms with Crippen molar-refractivity contribution in [3.05, 3.63) is 0 Å². The van der Waals surface area contributed by atoms with Gasteiger partial charge in [-0.3, -0.25) is 9.69 Å². The molecule has 1 fully saturated rings. The smallest absolute Gasteiger partial charge is 0.412 e. The Morgan fingerprint density at radius 2 is 1.83 bits per heavy atom. The van der Waals surface area contributed by atoms with Crippen molar-refractivity contribution in [3.63, 3.8) is 0 Å². The molecule has 1 saturated heterocycles. The molecule has 0 saturated carbocycles. The largest absolute Gasteiger partial charge is 0.444 e. The summed E-state index contributed by atoms with van der Waals surface area (Å²) in [5.41, 5.74) is -1.39. The van der Waals surface area contributed by atoms with Gasteiger partial charge < -0.3 is 25.4 Å². The highest BCUT2D eigenvalue weighted by Gasteiger charge is 2.49. The van der Waals surface area contributed by atoms with Crippen LogP contribution in [0.5, 0.6) is 0 Å². The molecule has 2 atom stereocenters. The van der Waals surface area contributed by atoms with Crippen molar-refractivity contribution in [2.45, 2.75) is 85.3 Å². The normalized spacial score (nSPS) is 21.7. The molecule has 1 aliphatic heterocycles. The Balaban J connectivity index is 2.84. The summed E-state index contributed by atoms with van der Waals surface area (Å²) in [4.78, 5) is 30.6. The molecular weight excluding hydrogens is 374 g/mol. The van der Waals surface area contributed by atoms with Crippen molar-refractivity contribution in [2.75, 3.05) is 26.2 Å². The maximum atomic E-state index is 12.8. The Kier molecular flexibility index (Phi) is 9.19. The van der Waals surface area contributed by atoms with E-state index in [2.05, 4.69) is 20.9 Å². The van der Waals surface area contributed by atoms with Crippen LogP contribution in [0.4, 0.5) is 4.79 Å². The maximum Gasteiger partial charge on any atom is 0.412 e. The third kappa shape index (κ3) is 8.08. The number of carbonyl (C=O) groups is 2. The molecule has 1 heterocycles. The highest BCUT2D eigenvalue weighted by molar-refractivity contribution is 5.85. The second-order valence-corrected chi connectivity index (χ2v) is 8.61. The monoisotopic (exact) mass is 413 g/mol. The Bertz CT molecular complexity index is 586. The fourth-order valence-corrected chi connectivity index (χ4v) is 3.14. The second kappa shape index (κ2) is 10.7. The molecule has 0 bridgehead atoms. The average molecular weight is 414 g/mol. The van der Waals surface area contributed by atoms with Crippen LogP contribution in [0.15, 0.2) is 4.99 Å². The van der Waals surface area contributed by atoms with Crippen molar-refractivity contribution in [3.8, 4) is 0 Å². The number of rotatable bonds is 7. The lowest BCUT2D eigenvalue weighted by Crippen LogP contribution is -2.54. The van der Waals surface area contributed by atoms with Gasteiger partial charge in [0.2, 0.25) is 5.91 Å². The van der Waals surface area contributed by atoms with E-state index in [1.165, 1.54) is 0 Å². The average Bonchev–Trinajstić information content (AvgIpc) is 2.81. The lowest BCUT2D eigenvalue weighted by molar-refractivity contribution is -0.119. The van der Waals surface area contributed by atoms with Gasteiger partial charge in [0, 0.05) is 19.6 Å². The van der Waals surface area contributed by atoms with E-state index in [1.54, 1.807) is 4.90 Å². The molecule has 2 amide bonds. The summed E-state index contributed by atoms with van der Waals surface area (Å²) in [5, 5.41) is 9.14. The van der Waals surface area contributed by atoms with E-state index in [4.69, 9.17) is 9.47 Å². The summed E-state index contributed by atoms with van der Waals surface area (Å²) in [5.74, 6) is 0.387. The summed E-state index contributed by atoms with van der Waals surface area (Å²) in [6, 6.07) is -0.252. The van der Waals surface area contributed by atoms with Gasteiger partial charge in [0.25, 0.3) is 0 Å². The SMILES string of the molecule is CCCNC(=O)CN=C(NCC)NCC1C(C)OC(C)(C)N1C(=O)OC(C)(C)C. The van der Waals surface area contributed by atoms with Crippen molar-refractivity contribution >= 4 is 18.0 Å². The lowest BCUT2D eigenvalue weighted by Gasteiger charge is -2.35. The molecule has 1 aliphatic rings. The fourth-order valence-electron chi connectivity index (χ4n) is 3.14. The van der Waals surface area contributed by atoms with Crippen LogP contribution in [0.25, 0.3) is 0 Å². The predicted molar refractivity (Wildman–Crippen MR) is 114 cm³/mol. The molecule has 0 aromatic heterocycles. The first-order valence-corrected chi connectivity index (χ1v) is 10.4. The molecule has 0 spiro atoms. The topological polar surface area (TPSA) is 104 Å². The minimum atomic E-state index is -0.788. The Labute approximate surface area is 175 Å². The van der Waals surface area contributed by atoms with Crippen LogP contribution < -0.4 is 16.0 Å². The third-order valence-electron chi connectivity index (χ3n) is 4.29. The second-order valence-electron chi connectivity index (χ2n) is 8.61. The van der Waals surface area contributed by atoms with E-state index in [-0.39, 0.29) is 24.6 Å². The van der Waals surface area contributed by atoms with Crippen molar-refractivity contribution in [1.82, 2.24) is 20.9 Å². The molecule has 29 heavy (non-hydrogen) atoms. The van der Waals surface area contributed by atoms with E-state index in [9.17, 15) is 9.59 Å². The number of hydrogen-bond acceptors (Lipinski definition) is 5. The summed E-state index contributed by atoms with van der Waals surface area (Å²) in [6.45, 7) is 16.8. The molecule has 2 unspecified atom stereocenters. The first kappa shape index (κ1) is 25.0. The standard InChI is InChI=1S/C20H39N5O4/c1-9-11-22-16(26)13-24-17(21-10-2)23-12-15-14(3)28-20(7,8)25(15)18(27)29-19(4,5)6/h14-15H,9-13H2,1-8H3,(H,22,26)(H2,21,23,24). The summed E-state index contributed by atoms with van der Waals surface area (Å²) in [6.07, 6.45) is 0.268. The zero-order valence-electron chi connectivity index (χ0n) is 19.2. The molecule has 9 nitrogen and oxygen atoms in total. The van der Waals surface area contributed by atoms with Gasteiger partial charge in [-0.15, -0.1) is 0 Å². The minimum Gasteiger partial charge on any atom is -0.444 e. The minimum absolute atomic E-state index is 0.0350. The van der Waals surface area contributed by atoms with Crippen LogP contribution in [0.2, 0.25) is 0 Å². The number of ether oxygens (including phenoxy) is 2. The fraction of sp³-hybridized carbons (Fsp3) is 0.850. The Hall–Kier alpha value is -2.03. The van der Waals surface area contributed by atoms with Crippen LogP contribution in [0.3, 0.4) is 0 Å². The van der Waals surface area contributed by atoms with E-state index >= 15 is 0 Å². The lowest BCUT2D eigenvalue weighted by atomic mass is 10.1. The molecule has 0 radical (unpaired) electrons. The molecule has 0 aliphatic carbocycles. The van der Waals surface area contributed by atoms with E-state index < -0.39 is 17.4 Å². The first-order chi connectivity index (χ1) is 13.4. The van der Waals surface area contributed by atoms with Crippen molar-refractivity contribution in [2.24, 2.45) is 4.99 Å². The summed E-state index contributed by atoms with van der Waals surface area (Å²) in [7, 11) is 0.